The Morgan fingerprint density at radius 3 is 2.76 bits per heavy atom. The van der Waals surface area contributed by atoms with Gasteiger partial charge in [-0.3, -0.25) is 4.79 Å². The quantitative estimate of drug-likeness (QED) is 0.718. The van der Waals surface area contributed by atoms with Gasteiger partial charge in [0.1, 0.15) is 24.0 Å². The van der Waals surface area contributed by atoms with Gasteiger partial charge in [-0.1, -0.05) is 12.1 Å². The third kappa shape index (κ3) is 4.19. The standard InChI is InChI=1S/C16H16FN7O/c1-11-21-22-23-24(11)15(6-12-3-2-4-14(17)5-12)16(25)20-9-13-7-18-10-19-8-13/h2-5,7-8,10,15H,6,9H2,1H3,(H,20,25). The Morgan fingerprint density at radius 1 is 1.28 bits per heavy atom. The number of aromatic nitrogens is 6. The van der Waals surface area contributed by atoms with E-state index in [1.807, 2.05) is 0 Å². The molecular weight excluding hydrogens is 325 g/mol. The summed E-state index contributed by atoms with van der Waals surface area (Å²) in [5, 5.41) is 14.1. The van der Waals surface area contributed by atoms with Gasteiger partial charge in [0.25, 0.3) is 0 Å². The maximum absolute atomic E-state index is 13.4. The van der Waals surface area contributed by atoms with E-state index in [1.165, 1.54) is 23.1 Å². The molecule has 1 N–H and O–H groups in total. The van der Waals surface area contributed by atoms with Crippen molar-refractivity contribution in [2.24, 2.45) is 0 Å². The fourth-order valence-corrected chi connectivity index (χ4v) is 2.43. The molecule has 9 heteroatoms. The normalized spacial score (nSPS) is 11.9. The van der Waals surface area contributed by atoms with Crippen LogP contribution in [0.5, 0.6) is 0 Å². The summed E-state index contributed by atoms with van der Waals surface area (Å²) in [5.41, 5.74) is 1.45. The summed E-state index contributed by atoms with van der Waals surface area (Å²) in [6, 6.07) is 5.42. The van der Waals surface area contributed by atoms with Gasteiger partial charge in [0.05, 0.1) is 0 Å². The van der Waals surface area contributed by atoms with Gasteiger partial charge in [-0.15, -0.1) is 5.10 Å². The van der Waals surface area contributed by atoms with Gasteiger partial charge in [0.15, 0.2) is 0 Å². The predicted octanol–water partition coefficient (Wildman–Crippen LogP) is 1.01. The van der Waals surface area contributed by atoms with Crippen LogP contribution in [0.3, 0.4) is 0 Å². The van der Waals surface area contributed by atoms with Crippen molar-refractivity contribution in [3.63, 3.8) is 0 Å². The van der Waals surface area contributed by atoms with Gasteiger partial charge in [0.2, 0.25) is 5.91 Å². The van der Waals surface area contributed by atoms with E-state index in [1.54, 1.807) is 31.5 Å². The number of benzene rings is 1. The number of rotatable bonds is 6. The SMILES string of the molecule is Cc1nnnn1C(Cc1cccc(F)c1)C(=O)NCc1cncnc1. The lowest BCUT2D eigenvalue weighted by Gasteiger charge is -2.17. The predicted molar refractivity (Wildman–Crippen MR) is 85.6 cm³/mol. The van der Waals surface area contributed by atoms with Gasteiger partial charge in [-0.05, 0) is 35.0 Å². The Balaban J connectivity index is 1.78. The number of aryl methyl sites for hydroxylation is 1. The Morgan fingerprint density at radius 2 is 2.08 bits per heavy atom. The molecule has 0 saturated heterocycles. The molecule has 0 saturated carbocycles. The maximum Gasteiger partial charge on any atom is 0.245 e. The Labute approximate surface area is 143 Å². The third-order valence-corrected chi connectivity index (χ3v) is 3.65. The first-order valence-electron chi connectivity index (χ1n) is 7.64. The summed E-state index contributed by atoms with van der Waals surface area (Å²) < 4.78 is 14.9. The topological polar surface area (TPSA) is 98.5 Å². The molecule has 0 fully saturated rings. The molecule has 1 aromatic carbocycles. The lowest BCUT2D eigenvalue weighted by atomic mass is 10.0. The highest BCUT2D eigenvalue weighted by molar-refractivity contribution is 5.80. The number of nitrogens with zero attached hydrogens (tertiary/aromatic N) is 6. The molecule has 1 unspecified atom stereocenters. The van der Waals surface area contributed by atoms with Gasteiger partial charge in [-0.25, -0.2) is 19.0 Å². The number of carbonyl (C=O) groups excluding carboxylic acids is 1. The van der Waals surface area contributed by atoms with E-state index in [2.05, 4.69) is 30.8 Å². The van der Waals surface area contributed by atoms with Crippen LogP contribution in [0, 0.1) is 12.7 Å². The van der Waals surface area contributed by atoms with Crippen LogP contribution in [0.1, 0.15) is 23.0 Å². The first kappa shape index (κ1) is 16.6. The monoisotopic (exact) mass is 341 g/mol. The molecule has 128 valence electrons. The number of nitrogens with one attached hydrogen (secondary N) is 1. The molecule has 0 aliphatic rings. The minimum Gasteiger partial charge on any atom is -0.350 e. The average Bonchev–Trinajstić information content (AvgIpc) is 3.04. The van der Waals surface area contributed by atoms with E-state index in [9.17, 15) is 9.18 Å². The average molecular weight is 341 g/mol. The van der Waals surface area contributed by atoms with Crippen molar-refractivity contribution in [3.8, 4) is 0 Å². The van der Waals surface area contributed by atoms with Crippen molar-refractivity contribution in [2.75, 3.05) is 0 Å². The second-order valence-electron chi connectivity index (χ2n) is 5.49. The van der Waals surface area contributed by atoms with E-state index < -0.39 is 6.04 Å². The largest absolute Gasteiger partial charge is 0.350 e. The fraction of sp³-hybridized carbons (Fsp3) is 0.250. The van der Waals surface area contributed by atoms with Crippen LogP contribution in [0.4, 0.5) is 4.39 Å². The van der Waals surface area contributed by atoms with Crippen molar-refractivity contribution >= 4 is 5.91 Å². The minimum absolute atomic E-state index is 0.265. The molecule has 3 aromatic rings. The molecule has 0 aliphatic carbocycles. The van der Waals surface area contributed by atoms with Crippen LogP contribution in [0.15, 0.2) is 43.0 Å². The van der Waals surface area contributed by atoms with Crippen LogP contribution in [0.25, 0.3) is 0 Å². The number of carbonyl (C=O) groups is 1. The first-order chi connectivity index (χ1) is 12.1. The molecule has 0 radical (unpaired) electrons. The zero-order chi connectivity index (χ0) is 17.6. The van der Waals surface area contributed by atoms with E-state index in [-0.39, 0.29) is 24.7 Å². The number of tetrazole rings is 1. The molecule has 0 bridgehead atoms. The number of hydrogen-bond donors (Lipinski definition) is 1. The molecule has 0 aliphatic heterocycles. The summed E-state index contributed by atoms with van der Waals surface area (Å²) in [6.07, 6.45) is 4.93. The lowest BCUT2D eigenvalue weighted by Crippen LogP contribution is -2.34. The molecule has 8 nitrogen and oxygen atoms in total. The highest BCUT2D eigenvalue weighted by atomic mass is 19.1. The number of halogens is 1. The van der Waals surface area contributed by atoms with E-state index in [4.69, 9.17) is 0 Å². The summed E-state index contributed by atoms with van der Waals surface area (Å²) in [4.78, 5) is 20.5. The molecule has 3 rings (SSSR count). The second kappa shape index (κ2) is 7.56. The smallest absolute Gasteiger partial charge is 0.245 e. The van der Waals surface area contributed by atoms with Crippen LogP contribution < -0.4 is 5.32 Å². The Bertz CT molecular complexity index is 852. The summed E-state index contributed by atoms with van der Waals surface area (Å²) in [7, 11) is 0. The summed E-state index contributed by atoms with van der Waals surface area (Å²) in [6.45, 7) is 1.98. The number of hydrogen-bond acceptors (Lipinski definition) is 6. The molecular formula is C16H16FN7O. The maximum atomic E-state index is 13.4. The highest BCUT2D eigenvalue weighted by Gasteiger charge is 2.24. The van der Waals surface area contributed by atoms with Crippen LogP contribution in [-0.4, -0.2) is 36.1 Å². The summed E-state index contributed by atoms with van der Waals surface area (Å²) >= 11 is 0. The van der Waals surface area contributed by atoms with Crippen LogP contribution in [0.2, 0.25) is 0 Å². The van der Waals surface area contributed by atoms with Crippen molar-refractivity contribution in [3.05, 3.63) is 65.8 Å². The molecule has 2 heterocycles. The van der Waals surface area contributed by atoms with Crippen LogP contribution in [-0.2, 0) is 17.8 Å². The molecule has 0 spiro atoms. The van der Waals surface area contributed by atoms with Crippen molar-refractivity contribution in [1.82, 2.24) is 35.5 Å². The second-order valence-corrected chi connectivity index (χ2v) is 5.49. The zero-order valence-electron chi connectivity index (χ0n) is 13.5. The van der Waals surface area contributed by atoms with E-state index in [0.717, 1.165) is 5.56 Å². The minimum atomic E-state index is -0.693. The van der Waals surface area contributed by atoms with Gasteiger partial charge in [0, 0.05) is 30.9 Å². The van der Waals surface area contributed by atoms with Gasteiger partial charge in [-0.2, -0.15) is 0 Å². The van der Waals surface area contributed by atoms with E-state index >= 15 is 0 Å². The van der Waals surface area contributed by atoms with Crippen molar-refractivity contribution < 1.29 is 9.18 Å². The van der Waals surface area contributed by atoms with Crippen molar-refractivity contribution in [1.29, 1.82) is 0 Å². The lowest BCUT2D eigenvalue weighted by molar-refractivity contribution is -0.124. The third-order valence-electron chi connectivity index (χ3n) is 3.65. The molecule has 25 heavy (non-hydrogen) atoms. The van der Waals surface area contributed by atoms with Gasteiger partial charge >= 0.3 is 0 Å². The molecule has 1 atom stereocenters. The molecule has 2 aromatic heterocycles. The zero-order valence-corrected chi connectivity index (χ0v) is 13.5. The number of amides is 1. The van der Waals surface area contributed by atoms with Crippen LogP contribution >= 0.6 is 0 Å². The Hall–Kier alpha value is -3.23. The first-order valence-corrected chi connectivity index (χ1v) is 7.64. The van der Waals surface area contributed by atoms with Gasteiger partial charge < -0.3 is 5.32 Å². The Kier molecular flexibility index (Phi) is 5.03. The van der Waals surface area contributed by atoms with E-state index in [0.29, 0.717) is 11.4 Å². The van der Waals surface area contributed by atoms with Crippen molar-refractivity contribution in [2.45, 2.75) is 25.9 Å². The molecule has 1 amide bonds. The fourth-order valence-electron chi connectivity index (χ4n) is 2.43. The summed E-state index contributed by atoms with van der Waals surface area (Å²) in [5.74, 6) is -0.130. The highest BCUT2D eigenvalue weighted by Crippen LogP contribution is 2.16.